The monoisotopic (exact) mass is 345 g/mol. The Kier molecular flexibility index (Phi) is 6.82. The second kappa shape index (κ2) is 8.85. The van der Waals surface area contributed by atoms with Gasteiger partial charge in [0.2, 0.25) is 0 Å². The number of aryl methyl sites for hydroxylation is 2. The molecule has 1 N–H and O–H groups in total. The molecular formula is C19H31N5O. The van der Waals surface area contributed by atoms with Crippen LogP contribution in [0.25, 0.3) is 11.4 Å². The summed E-state index contributed by atoms with van der Waals surface area (Å²) < 4.78 is 3.65. The van der Waals surface area contributed by atoms with Gasteiger partial charge in [-0.05, 0) is 57.6 Å². The average molecular weight is 345 g/mol. The van der Waals surface area contributed by atoms with E-state index in [1.807, 2.05) is 43.1 Å². The number of carbonyl (C=O) groups is 1. The van der Waals surface area contributed by atoms with Crippen molar-refractivity contribution in [2.24, 2.45) is 14.1 Å². The maximum Gasteiger partial charge on any atom is 0.269 e. The maximum atomic E-state index is 12.6. The van der Waals surface area contributed by atoms with Gasteiger partial charge in [-0.25, -0.2) is 0 Å². The van der Waals surface area contributed by atoms with Crippen molar-refractivity contribution in [1.29, 1.82) is 0 Å². The third-order valence-corrected chi connectivity index (χ3v) is 4.70. The molecule has 0 aliphatic rings. The molecule has 6 heteroatoms. The van der Waals surface area contributed by atoms with Gasteiger partial charge in [0.15, 0.2) is 0 Å². The molecule has 0 aliphatic heterocycles. The normalized spacial score (nSPS) is 12.6. The molecule has 0 fully saturated rings. The molecule has 0 saturated carbocycles. The molecule has 0 aliphatic carbocycles. The summed E-state index contributed by atoms with van der Waals surface area (Å²) in [4.78, 5) is 15.0. The Labute approximate surface area is 150 Å². The molecule has 1 amide bonds. The Morgan fingerprint density at radius 2 is 2.04 bits per heavy atom. The Hall–Kier alpha value is -2.08. The highest BCUT2D eigenvalue weighted by atomic mass is 16.2. The van der Waals surface area contributed by atoms with Gasteiger partial charge in [-0.2, -0.15) is 5.10 Å². The smallest absolute Gasteiger partial charge is 0.269 e. The average Bonchev–Trinajstić information content (AvgIpc) is 3.17. The van der Waals surface area contributed by atoms with Gasteiger partial charge in [0.05, 0.1) is 5.69 Å². The van der Waals surface area contributed by atoms with Gasteiger partial charge >= 0.3 is 0 Å². The van der Waals surface area contributed by atoms with Crippen molar-refractivity contribution < 1.29 is 4.79 Å². The van der Waals surface area contributed by atoms with Gasteiger partial charge in [0.25, 0.3) is 5.91 Å². The minimum atomic E-state index is -0.0641. The molecule has 1 atom stereocenters. The van der Waals surface area contributed by atoms with E-state index in [9.17, 15) is 4.79 Å². The Morgan fingerprint density at radius 1 is 1.32 bits per heavy atom. The van der Waals surface area contributed by atoms with Crippen LogP contribution in [0.1, 0.15) is 44.1 Å². The molecule has 1 unspecified atom stereocenters. The summed E-state index contributed by atoms with van der Waals surface area (Å²) in [5.74, 6) is -0.0641. The van der Waals surface area contributed by atoms with Crippen LogP contribution < -0.4 is 5.32 Å². The van der Waals surface area contributed by atoms with Crippen molar-refractivity contribution in [3.63, 3.8) is 0 Å². The lowest BCUT2D eigenvalue weighted by Crippen LogP contribution is -2.34. The van der Waals surface area contributed by atoms with Gasteiger partial charge < -0.3 is 14.8 Å². The molecule has 2 heterocycles. The minimum Gasteiger partial charge on any atom is -0.349 e. The van der Waals surface area contributed by atoms with Crippen LogP contribution in [0, 0.1) is 0 Å². The summed E-state index contributed by atoms with van der Waals surface area (Å²) in [5, 5.41) is 7.57. The van der Waals surface area contributed by atoms with Crippen LogP contribution in [0.5, 0.6) is 0 Å². The summed E-state index contributed by atoms with van der Waals surface area (Å²) in [6, 6.07) is 5.98. The summed E-state index contributed by atoms with van der Waals surface area (Å²) in [5.41, 5.74) is 2.41. The molecule has 0 aromatic carbocycles. The zero-order valence-corrected chi connectivity index (χ0v) is 16.1. The number of nitrogens with one attached hydrogen (secondary N) is 1. The maximum absolute atomic E-state index is 12.6. The number of rotatable bonds is 9. The van der Waals surface area contributed by atoms with Crippen LogP contribution in [0.3, 0.4) is 0 Å². The van der Waals surface area contributed by atoms with Crippen molar-refractivity contribution in [1.82, 2.24) is 24.6 Å². The van der Waals surface area contributed by atoms with E-state index in [4.69, 9.17) is 0 Å². The Morgan fingerprint density at radius 3 is 2.64 bits per heavy atom. The largest absolute Gasteiger partial charge is 0.349 e. The lowest BCUT2D eigenvalue weighted by Gasteiger charge is -2.19. The van der Waals surface area contributed by atoms with Crippen LogP contribution >= 0.6 is 0 Å². The van der Waals surface area contributed by atoms with E-state index in [0.717, 1.165) is 43.9 Å². The second-order valence-electron chi connectivity index (χ2n) is 6.59. The third kappa shape index (κ3) is 4.95. The number of amides is 1. The molecule has 0 spiro atoms. The highest BCUT2D eigenvalue weighted by molar-refractivity contribution is 5.93. The van der Waals surface area contributed by atoms with Crippen molar-refractivity contribution in [2.75, 3.05) is 19.6 Å². The zero-order valence-electron chi connectivity index (χ0n) is 16.1. The number of hydrogen-bond acceptors (Lipinski definition) is 3. The predicted molar refractivity (Wildman–Crippen MR) is 102 cm³/mol. The van der Waals surface area contributed by atoms with Crippen molar-refractivity contribution in [3.8, 4) is 11.4 Å². The first-order valence-corrected chi connectivity index (χ1v) is 9.15. The van der Waals surface area contributed by atoms with Gasteiger partial charge in [0, 0.05) is 26.3 Å². The Bertz CT molecular complexity index is 684. The topological polar surface area (TPSA) is 55.1 Å². The van der Waals surface area contributed by atoms with Crippen LogP contribution in [0.2, 0.25) is 0 Å². The number of carbonyl (C=O) groups excluding carboxylic acids is 1. The van der Waals surface area contributed by atoms with E-state index >= 15 is 0 Å². The van der Waals surface area contributed by atoms with E-state index in [2.05, 4.69) is 36.1 Å². The molecule has 0 bridgehead atoms. The van der Waals surface area contributed by atoms with E-state index < -0.39 is 0 Å². The summed E-state index contributed by atoms with van der Waals surface area (Å²) in [6.45, 7) is 9.66. The lowest BCUT2D eigenvalue weighted by atomic mass is 10.1. The minimum absolute atomic E-state index is 0.0641. The first kappa shape index (κ1) is 19.2. The fraction of sp³-hybridized carbons (Fsp3) is 0.579. The van der Waals surface area contributed by atoms with Crippen LogP contribution in [0.15, 0.2) is 24.4 Å². The molecule has 0 saturated heterocycles. The first-order valence-electron chi connectivity index (χ1n) is 9.15. The van der Waals surface area contributed by atoms with E-state index in [1.54, 1.807) is 4.68 Å². The molecule has 0 radical (unpaired) electrons. The standard InChI is InChI=1S/C19H31N5O/c1-6-24(7-2)13-8-10-15(3)20-19(25)18-14-16(21-23(18)5)17-11-9-12-22(17)4/h9,11-12,14-15H,6-8,10,13H2,1-5H3,(H,20,25). The van der Waals surface area contributed by atoms with Crippen LogP contribution in [-0.2, 0) is 14.1 Å². The third-order valence-electron chi connectivity index (χ3n) is 4.70. The SMILES string of the molecule is CCN(CC)CCCC(C)NC(=O)c1cc(-c2cccn2C)nn1C. The van der Waals surface area contributed by atoms with Crippen molar-refractivity contribution in [3.05, 3.63) is 30.1 Å². The van der Waals surface area contributed by atoms with Crippen molar-refractivity contribution in [2.45, 2.75) is 39.7 Å². The van der Waals surface area contributed by atoms with E-state index in [-0.39, 0.29) is 11.9 Å². The summed E-state index contributed by atoms with van der Waals surface area (Å²) in [7, 11) is 3.79. The summed E-state index contributed by atoms with van der Waals surface area (Å²) >= 11 is 0. The number of hydrogen-bond donors (Lipinski definition) is 1. The van der Waals surface area contributed by atoms with Gasteiger partial charge in [0.1, 0.15) is 11.4 Å². The highest BCUT2D eigenvalue weighted by Gasteiger charge is 2.17. The lowest BCUT2D eigenvalue weighted by molar-refractivity contribution is 0.0927. The van der Waals surface area contributed by atoms with E-state index in [0.29, 0.717) is 5.69 Å². The Balaban J connectivity index is 1.92. The van der Waals surface area contributed by atoms with Crippen LogP contribution in [-0.4, -0.2) is 50.8 Å². The number of aromatic nitrogens is 3. The predicted octanol–water partition coefficient (Wildman–Crippen LogP) is 2.67. The highest BCUT2D eigenvalue weighted by Crippen LogP contribution is 2.18. The number of nitrogens with zero attached hydrogens (tertiary/aromatic N) is 4. The fourth-order valence-corrected chi connectivity index (χ4v) is 3.06. The van der Waals surface area contributed by atoms with Crippen molar-refractivity contribution >= 4 is 5.91 Å². The second-order valence-corrected chi connectivity index (χ2v) is 6.59. The van der Waals surface area contributed by atoms with E-state index in [1.165, 1.54) is 0 Å². The molecular weight excluding hydrogens is 314 g/mol. The molecule has 2 aromatic rings. The quantitative estimate of drug-likeness (QED) is 0.760. The van der Waals surface area contributed by atoms with Gasteiger partial charge in [-0.3, -0.25) is 9.48 Å². The molecule has 25 heavy (non-hydrogen) atoms. The van der Waals surface area contributed by atoms with Gasteiger partial charge in [-0.15, -0.1) is 0 Å². The zero-order chi connectivity index (χ0) is 18.4. The van der Waals surface area contributed by atoms with Gasteiger partial charge in [-0.1, -0.05) is 13.8 Å². The van der Waals surface area contributed by atoms with Crippen LogP contribution in [0.4, 0.5) is 0 Å². The molecule has 2 aromatic heterocycles. The summed E-state index contributed by atoms with van der Waals surface area (Å²) in [6.07, 6.45) is 4.04. The molecule has 6 nitrogen and oxygen atoms in total. The molecule has 138 valence electrons. The first-order chi connectivity index (χ1) is 12.0. The molecule has 2 rings (SSSR count). The fourth-order valence-electron chi connectivity index (χ4n) is 3.06.